The minimum atomic E-state index is -0.722. The number of ether oxygens (including phenoxy) is 4. The molecule has 2 aromatic rings. The number of rotatable bonds is 11. The number of benzene rings is 2. The molecular formula is C24H34O5. The van der Waals surface area contributed by atoms with Gasteiger partial charge in [-0.25, -0.2) is 0 Å². The highest BCUT2D eigenvalue weighted by atomic mass is 16.5. The molecule has 1 unspecified atom stereocenters. The van der Waals surface area contributed by atoms with Crippen LogP contribution in [0, 0.1) is 0 Å². The zero-order chi connectivity index (χ0) is 21.4. The van der Waals surface area contributed by atoms with Crippen molar-refractivity contribution in [3.05, 3.63) is 35.4 Å². The van der Waals surface area contributed by atoms with Gasteiger partial charge in [-0.05, 0) is 66.2 Å². The second-order valence-electron chi connectivity index (χ2n) is 6.87. The third kappa shape index (κ3) is 5.36. The van der Waals surface area contributed by atoms with Gasteiger partial charge >= 0.3 is 0 Å². The molecule has 0 amide bonds. The van der Waals surface area contributed by atoms with Gasteiger partial charge in [-0.3, -0.25) is 0 Å². The fourth-order valence-electron chi connectivity index (χ4n) is 3.30. The van der Waals surface area contributed by atoms with E-state index in [-0.39, 0.29) is 0 Å². The van der Waals surface area contributed by atoms with Crippen molar-refractivity contribution >= 4 is 10.8 Å². The molecule has 2 aromatic carbocycles. The predicted molar refractivity (Wildman–Crippen MR) is 118 cm³/mol. The Morgan fingerprint density at radius 2 is 1.34 bits per heavy atom. The molecule has 0 aliphatic heterocycles. The largest absolute Gasteiger partial charge is 0.493 e. The molecule has 0 saturated heterocycles. The first-order chi connectivity index (χ1) is 14.0. The van der Waals surface area contributed by atoms with Gasteiger partial charge in [0.1, 0.15) is 23.0 Å². The van der Waals surface area contributed by atoms with Crippen LogP contribution in [0.25, 0.3) is 10.8 Å². The molecule has 0 fully saturated rings. The normalized spacial score (nSPS) is 11.8. The second kappa shape index (κ2) is 11.0. The van der Waals surface area contributed by atoms with E-state index in [9.17, 15) is 5.11 Å². The minimum absolute atomic E-state index is 0.468. The summed E-state index contributed by atoms with van der Waals surface area (Å²) in [5.41, 5.74) is 1.84. The summed E-state index contributed by atoms with van der Waals surface area (Å²) in [5, 5.41) is 12.6. The summed E-state index contributed by atoms with van der Waals surface area (Å²) in [6, 6.07) is 5.66. The summed E-state index contributed by atoms with van der Waals surface area (Å²) >= 11 is 0. The van der Waals surface area contributed by atoms with Gasteiger partial charge in [0, 0.05) is 5.56 Å². The summed E-state index contributed by atoms with van der Waals surface area (Å²) in [6.45, 7) is 13.8. The smallest absolute Gasteiger partial charge is 0.137 e. The molecule has 0 bridgehead atoms. The van der Waals surface area contributed by atoms with Crippen molar-refractivity contribution in [2.75, 3.05) is 26.4 Å². The molecule has 5 nitrogen and oxygen atoms in total. The van der Waals surface area contributed by atoms with E-state index in [0.29, 0.717) is 61.4 Å². The number of aliphatic hydroxyl groups is 1. The Morgan fingerprint density at radius 3 is 1.86 bits per heavy atom. The van der Waals surface area contributed by atoms with Crippen LogP contribution in [0.15, 0.2) is 29.8 Å². The summed E-state index contributed by atoms with van der Waals surface area (Å²) in [7, 11) is 0. The fraction of sp³-hybridized carbons (Fsp3) is 0.500. The summed E-state index contributed by atoms with van der Waals surface area (Å²) in [5.74, 6) is 2.67. The first-order valence-corrected chi connectivity index (χ1v) is 10.4. The van der Waals surface area contributed by atoms with Gasteiger partial charge in [-0.1, -0.05) is 11.6 Å². The van der Waals surface area contributed by atoms with E-state index in [1.54, 1.807) is 0 Å². The Kier molecular flexibility index (Phi) is 8.65. The van der Waals surface area contributed by atoms with Crippen molar-refractivity contribution in [1.82, 2.24) is 0 Å². The Labute approximate surface area is 174 Å². The van der Waals surface area contributed by atoms with E-state index in [0.717, 1.165) is 16.3 Å². The standard InChI is InChI=1S/C24H34O5/c1-7-26-19-13-14-20(27-8-2)23-22(19)21(28-9-3)15-17(24(23)29-10-4)18(25)12-11-16(5)6/h11,13-15,18,25H,7-10,12H2,1-6H3. The lowest BCUT2D eigenvalue weighted by Gasteiger charge is -2.23. The molecule has 0 radical (unpaired) electrons. The van der Waals surface area contributed by atoms with Crippen LogP contribution < -0.4 is 18.9 Å². The van der Waals surface area contributed by atoms with Gasteiger partial charge in [0.15, 0.2) is 0 Å². The van der Waals surface area contributed by atoms with Crippen molar-refractivity contribution in [3.63, 3.8) is 0 Å². The topological polar surface area (TPSA) is 57.2 Å². The average molecular weight is 403 g/mol. The molecule has 0 aliphatic rings. The molecule has 0 heterocycles. The van der Waals surface area contributed by atoms with Crippen LogP contribution in [0.3, 0.4) is 0 Å². The average Bonchev–Trinajstić information content (AvgIpc) is 2.69. The summed E-state index contributed by atoms with van der Waals surface area (Å²) in [6.07, 6.45) is 1.79. The minimum Gasteiger partial charge on any atom is -0.493 e. The van der Waals surface area contributed by atoms with E-state index >= 15 is 0 Å². The van der Waals surface area contributed by atoms with E-state index in [4.69, 9.17) is 18.9 Å². The zero-order valence-corrected chi connectivity index (χ0v) is 18.5. The molecule has 2 rings (SSSR count). The van der Waals surface area contributed by atoms with Gasteiger partial charge in [-0.2, -0.15) is 0 Å². The Morgan fingerprint density at radius 1 is 0.828 bits per heavy atom. The molecule has 0 saturated carbocycles. The van der Waals surface area contributed by atoms with Crippen LogP contribution in [0.2, 0.25) is 0 Å². The fourth-order valence-corrected chi connectivity index (χ4v) is 3.30. The second-order valence-corrected chi connectivity index (χ2v) is 6.87. The number of allylic oxidation sites excluding steroid dienone is 1. The summed E-state index contributed by atoms with van der Waals surface area (Å²) in [4.78, 5) is 0. The maximum Gasteiger partial charge on any atom is 0.137 e. The number of fused-ring (bicyclic) bond motifs is 1. The number of aliphatic hydroxyl groups excluding tert-OH is 1. The van der Waals surface area contributed by atoms with Crippen LogP contribution in [-0.4, -0.2) is 31.5 Å². The van der Waals surface area contributed by atoms with E-state index in [2.05, 4.69) is 0 Å². The highest BCUT2D eigenvalue weighted by Gasteiger charge is 2.24. The molecule has 29 heavy (non-hydrogen) atoms. The summed E-state index contributed by atoms with van der Waals surface area (Å²) < 4.78 is 23.8. The number of hydrogen-bond acceptors (Lipinski definition) is 5. The Bertz CT molecular complexity index is 837. The van der Waals surface area contributed by atoms with Crippen LogP contribution >= 0.6 is 0 Å². The van der Waals surface area contributed by atoms with Crippen LogP contribution in [0.1, 0.15) is 59.6 Å². The highest BCUT2D eigenvalue weighted by molar-refractivity contribution is 6.03. The van der Waals surface area contributed by atoms with Crippen LogP contribution in [-0.2, 0) is 0 Å². The quantitative estimate of drug-likeness (QED) is 0.480. The first-order valence-electron chi connectivity index (χ1n) is 10.4. The van der Waals surface area contributed by atoms with Gasteiger partial charge in [-0.15, -0.1) is 0 Å². The van der Waals surface area contributed by atoms with Crippen LogP contribution in [0.4, 0.5) is 0 Å². The van der Waals surface area contributed by atoms with Crippen molar-refractivity contribution in [2.24, 2.45) is 0 Å². The van der Waals surface area contributed by atoms with Gasteiger partial charge in [0.25, 0.3) is 0 Å². The highest BCUT2D eigenvalue weighted by Crippen LogP contribution is 2.48. The van der Waals surface area contributed by atoms with Gasteiger partial charge in [0.05, 0.1) is 43.3 Å². The molecule has 0 aromatic heterocycles. The molecule has 0 spiro atoms. The Hall–Kier alpha value is -2.40. The number of hydrogen-bond donors (Lipinski definition) is 1. The van der Waals surface area contributed by atoms with Crippen molar-refractivity contribution < 1.29 is 24.1 Å². The maximum atomic E-state index is 11.0. The molecule has 1 atom stereocenters. The molecular weight excluding hydrogens is 368 g/mol. The zero-order valence-electron chi connectivity index (χ0n) is 18.5. The van der Waals surface area contributed by atoms with Crippen molar-refractivity contribution in [1.29, 1.82) is 0 Å². The first kappa shape index (κ1) is 22.9. The van der Waals surface area contributed by atoms with Gasteiger partial charge in [0.2, 0.25) is 0 Å². The molecule has 160 valence electrons. The third-order valence-electron chi connectivity index (χ3n) is 4.45. The predicted octanol–water partition coefficient (Wildman–Crippen LogP) is 5.82. The van der Waals surface area contributed by atoms with E-state index in [1.807, 2.05) is 65.8 Å². The molecule has 0 aliphatic carbocycles. The lowest BCUT2D eigenvalue weighted by atomic mass is 9.97. The molecule has 5 heteroatoms. The van der Waals surface area contributed by atoms with Crippen LogP contribution in [0.5, 0.6) is 23.0 Å². The monoisotopic (exact) mass is 402 g/mol. The Balaban J connectivity index is 2.87. The van der Waals surface area contributed by atoms with E-state index < -0.39 is 6.10 Å². The molecule has 1 N–H and O–H groups in total. The van der Waals surface area contributed by atoms with Gasteiger partial charge < -0.3 is 24.1 Å². The van der Waals surface area contributed by atoms with E-state index in [1.165, 1.54) is 0 Å². The lowest BCUT2D eigenvalue weighted by Crippen LogP contribution is -2.07. The maximum absolute atomic E-state index is 11.0. The van der Waals surface area contributed by atoms with Crippen molar-refractivity contribution in [2.45, 2.75) is 54.1 Å². The lowest BCUT2D eigenvalue weighted by molar-refractivity contribution is 0.175. The van der Waals surface area contributed by atoms with Crippen molar-refractivity contribution in [3.8, 4) is 23.0 Å². The third-order valence-corrected chi connectivity index (χ3v) is 4.45. The SMILES string of the molecule is CCOc1ccc(OCC)c2c(OCC)c(C(O)CC=C(C)C)cc(OCC)c12.